The van der Waals surface area contributed by atoms with Crippen LogP contribution in [0.25, 0.3) is 0 Å². The van der Waals surface area contributed by atoms with Crippen molar-refractivity contribution in [3.8, 4) is 5.88 Å². The lowest BCUT2D eigenvalue weighted by atomic mass is 10.0. The molecule has 2 rings (SSSR count). The Morgan fingerprint density at radius 3 is 3.00 bits per heavy atom. The monoisotopic (exact) mass is 233 g/mol. The smallest absolute Gasteiger partial charge is 0.213 e. The van der Waals surface area contributed by atoms with E-state index in [-0.39, 0.29) is 0 Å². The first kappa shape index (κ1) is 12.1. The minimum absolute atomic E-state index is 0.552. The molecule has 1 aliphatic rings. The Labute approximate surface area is 102 Å². The van der Waals surface area contributed by atoms with Crippen LogP contribution in [-0.2, 0) is 0 Å². The van der Waals surface area contributed by atoms with Crippen LogP contribution < -0.4 is 4.74 Å². The second-order valence-corrected chi connectivity index (χ2v) is 4.39. The first-order chi connectivity index (χ1) is 8.31. The van der Waals surface area contributed by atoms with Crippen molar-refractivity contribution >= 4 is 0 Å². The van der Waals surface area contributed by atoms with Crippen LogP contribution >= 0.6 is 0 Å². The fraction of sp³-hybridized carbons (Fsp3) is 0.500. The maximum Gasteiger partial charge on any atom is 0.213 e. The van der Waals surface area contributed by atoms with E-state index in [4.69, 9.17) is 4.74 Å². The van der Waals surface area contributed by atoms with Crippen molar-refractivity contribution in [3.05, 3.63) is 35.5 Å². The fourth-order valence-corrected chi connectivity index (χ4v) is 2.17. The first-order valence-electron chi connectivity index (χ1n) is 6.19. The highest BCUT2D eigenvalue weighted by atomic mass is 16.5. The van der Waals surface area contributed by atoms with E-state index in [0.717, 1.165) is 24.8 Å². The van der Waals surface area contributed by atoms with E-state index in [1.165, 1.54) is 12.8 Å². The number of aromatic nitrogens is 1. The highest BCUT2D eigenvalue weighted by molar-refractivity contribution is 5.24. The van der Waals surface area contributed by atoms with E-state index >= 15 is 0 Å². The van der Waals surface area contributed by atoms with Gasteiger partial charge < -0.3 is 9.84 Å². The van der Waals surface area contributed by atoms with Gasteiger partial charge in [-0.15, -0.1) is 0 Å². The highest BCUT2D eigenvalue weighted by Crippen LogP contribution is 2.28. The second-order valence-electron chi connectivity index (χ2n) is 4.39. The summed E-state index contributed by atoms with van der Waals surface area (Å²) in [6.07, 6.45) is 7.26. The van der Waals surface area contributed by atoms with Gasteiger partial charge in [0, 0.05) is 6.07 Å². The molecule has 92 valence electrons. The van der Waals surface area contributed by atoms with Gasteiger partial charge in [-0.2, -0.15) is 0 Å². The third-order valence-corrected chi connectivity index (χ3v) is 3.16. The summed E-state index contributed by atoms with van der Waals surface area (Å²) >= 11 is 0. The van der Waals surface area contributed by atoms with Gasteiger partial charge in [0.05, 0.1) is 12.8 Å². The molecule has 0 radical (unpaired) electrons. The molecule has 0 bridgehead atoms. The molecule has 1 aromatic rings. The summed E-state index contributed by atoms with van der Waals surface area (Å²) in [6.45, 7) is 0. The van der Waals surface area contributed by atoms with Gasteiger partial charge in [0.15, 0.2) is 0 Å². The van der Waals surface area contributed by atoms with E-state index in [2.05, 4.69) is 11.1 Å². The molecule has 3 heteroatoms. The molecule has 1 unspecified atom stereocenters. The number of hydrogen-bond donors (Lipinski definition) is 1. The van der Waals surface area contributed by atoms with Crippen LogP contribution in [0.1, 0.15) is 43.9 Å². The lowest BCUT2D eigenvalue weighted by Gasteiger charge is -2.14. The molecule has 1 atom stereocenters. The van der Waals surface area contributed by atoms with Crippen molar-refractivity contribution in [3.63, 3.8) is 0 Å². The van der Waals surface area contributed by atoms with E-state index < -0.39 is 6.10 Å². The Morgan fingerprint density at radius 1 is 1.29 bits per heavy atom. The summed E-state index contributed by atoms with van der Waals surface area (Å²) in [7, 11) is 1.59. The molecule has 0 aromatic carbocycles. The van der Waals surface area contributed by atoms with Gasteiger partial charge >= 0.3 is 0 Å². The molecule has 0 spiro atoms. The SMILES string of the molecule is COc1cccc(C(O)C2=CCCCCC2)n1. The van der Waals surface area contributed by atoms with E-state index in [1.807, 2.05) is 12.1 Å². The molecule has 1 aliphatic carbocycles. The molecule has 0 saturated carbocycles. The number of aliphatic hydroxyl groups excluding tert-OH is 1. The summed E-state index contributed by atoms with van der Waals surface area (Å²) < 4.78 is 5.08. The summed E-state index contributed by atoms with van der Waals surface area (Å²) in [5.41, 5.74) is 1.78. The molecule has 0 saturated heterocycles. The number of aliphatic hydroxyl groups is 1. The Morgan fingerprint density at radius 2 is 2.18 bits per heavy atom. The third-order valence-electron chi connectivity index (χ3n) is 3.16. The molecule has 1 N–H and O–H groups in total. The molecule has 0 fully saturated rings. The maximum absolute atomic E-state index is 10.3. The number of allylic oxidation sites excluding steroid dienone is 1. The van der Waals surface area contributed by atoms with E-state index in [1.54, 1.807) is 13.2 Å². The van der Waals surface area contributed by atoms with Crippen LogP contribution in [0, 0.1) is 0 Å². The normalized spacial score (nSPS) is 18.1. The standard InChI is InChI=1S/C14H19NO2/c1-17-13-10-6-9-12(15-13)14(16)11-7-4-2-3-5-8-11/h6-7,9-10,14,16H,2-5,8H2,1H3. The van der Waals surface area contributed by atoms with Crippen LogP contribution in [0.15, 0.2) is 29.8 Å². The minimum Gasteiger partial charge on any atom is -0.481 e. The third kappa shape index (κ3) is 3.07. The van der Waals surface area contributed by atoms with Gasteiger partial charge in [-0.25, -0.2) is 4.98 Å². The number of nitrogens with zero attached hydrogens (tertiary/aromatic N) is 1. The van der Waals surface area contributed by atoms with Crippen LogP contribution in [0.3, 0.4) is 0 Å². The lowest BCUT2D eigenvalue weighted by molar-refractivity contribution is 0.204. The summed E-state index contributed by atoms with van der Waals surface area (Å²) in [5, 5.41) is 10.3. The van der Waals surface area contributed by atoms with Gasteiger partial charge in [0.25, 0.3) is 0 Å². The molecule has 17 heavy (non-hydrogen) atoms. The van der Waals surface area contributed by atoms with Crippen LogP contribution in [0.5, 0.6) is 5.88 Å². The van der Waals surface area contributed by atoms with Crippen LogP contribution in [0.4, 0.5) is 0 Å². The quantitative estimate of drug-likeness (QED) is 0.816. The molecule has 1 heterocycles. The highest BCUT2D eigenvalue weighted by Gasteiger charge is 2.16. The summed E-state index contributed by atoms with van der Waals surface area (Å²) in [4.78, 5) is 4.28. The minimum atomic E-state index is -0.580. The Balaban J connectivity index is 2.17. The van der Waals surface area contributed by atoms with Gasteiger partial charge in [0.1, 0.15) is 6.10 Å². The van der Waals surface area contributed by atoms with Crippen LogP contribution in [0.2, 0.25) is 0 Å². The Kier molecular flexibility index (Phi) is 4.15. The fourth-order valence-electron chi connectivity index (χ4n) is 2.17. The second kappa shape index (κ2) is 5.82. The zero-order valence-corrected chi connectivity index (χ0v) is 10.2. The van der Waals surface area contributed by atoms with Gasteiger partial charge in [-0.05, 0) is 37.3 Å². The number of ether oxygens (including phenoxy) is 1. The van der Waals surface area contributed by atoms with Gasteiger partial charge in [-0.3, -0.25) is 0 Å². The Hall–Kier alpha value is -1.35. The molecule has 1 aromatic heterocycles. The topological polar surface area (TPSA) is 42.4 Å². The average molecular weight is 233 g/mol. The zero-order valence-electron chi connectivity index (χ0n) is 10.2. The predicted octanol–water partition coefficient (Wildman–Crippen LogP) is 3.01. The molecular weight excluding hydrogens is 214 g/mol. The van der Waals surface area contributed by atoms with E-state index in [9.17, 15) is 5.11 Å². The van der Waals surface area contributed by atoms with Crippen molar-refractivity contribution < 1.29 is 9.84 Å². The van der Waals surface area contributed by atoms with Crippen molar-refractivity contribution in [1.29, 1.82) is 0 Å². The molecule has 3 nitrogen and oxygen atoms in total. The van der Waals surface area contributed by atoms with Crippen molar-refractivity contribution in [1.82, 2.24) is 4.98 Å². The largest absolute Gasteiger partial charge is 0.481 e. The Bertz CT molecular complexity index is 401. The van der Waals surface area contributed by atoms with Crippen molar-refractivity contribution in [2.75, 3.05) is 7.11 Å². The zero-order chi connectivity index (χ0) is 12.1. The van der Waals surface area contributed by atoms with Crippen molar-refractivity contribution in [2.24, 2.45) is 0 Å². The summed E-state index contributed by atoms with van der Waals surface area (Å²) in [6, 6.07) is 5.50. The molecular formula is C14H19NO2. The number of rotatable bonds is 3. The maximum atomic E-state index is 10.3. The van der Waals surface area contributed by atoms with Gasteiger partial charge in [-0.1, -0.05) is 18.6 Å². The number of pyridine rings is 1. The predicted molar refractivity (Wildman–Crippen MR) is 66.9 cm³/mol. The number of methoxy groups -OCH3 is 1. The lowest BCUT2D eigenvalue weighted by Crippen LogP contribution is -2.04. The number of hydrogen-bond acceptors (Lipinski definition) is 3. The molecule has 0 amide bonds. The summed E-state index contributed by atoms with van der Waals surface area (Å²) in [5.74, 6) is 0.552. The molecule has 0 aliphatic heterocycles. The first-order valence-corrected chi connectivity index (χ1v) is 6.19. The van der Waals surface area contributed by atoms with Crippen molar-refractivity contribution in [2.45, 2.75) is 38.2 Å². The van der Waals surface area contributed by atoms with Crippen LogP contribution in [-0.4, -0.2) is 17.2 Å². The average Bonchev–Trinajstić information content (AvgIpc) is 2.67. The van der Waals surface area contributed by atoms with E-state index in [0.29, 0.717) is 11.6 Å². The van der Waals surface area contributed by atoms with Gasteiger partial charge in [0.2, 0.25) is 5.88 Å².